The molecule has 0 saturated carbocycles. The van der Waals surface area contributed by atoms with Gasteiger partial charge in [0, 0.05) is 29.6 Å². The molecule has 1 aliphatic rings. The van der Waals surface area contributed by atoms with E-state index in [2.05, 4.69) is 0 Å². The first kappa shape index (κ1) is 19.4. The number of allylic oxidation sites excluding steroid dienone is 4. The van der Waals surface area contributed by atoms with E-state index in [-0.39, 0.29) is 22.7 Å². The van der Waals surface area contributed by atoms with Gasteiger partial charge in [-0.2, -0.15) is 0 Å². The number of carboxylic acid groups (broad SMARTS) is 1. The maximum atomic E-state index is 12.2. The van der Waals surface area contributed by atoms with Crippen molar-refractivity contribution in [3.05, 3.63) is 63.3 Å². The topological polar surface area (TPSA) is 92.4 Å². The molecule has 2 rings (SSSR count). The fourth-order valence-corrected chi connectivity index (χ4v) is 2.59. The van der Waals surface area contributed by atoms with Gasteiger partial charge in [-0.25, -0.2) is 4.79 Å². The van der Waals surface area contributed by atoms with E-state index in [1.165, 1.54) is 19.4 Å². The van der Waals surface area contributed by atoms with E-state index < -0.39 is 11.4 Å². The zero-order valence-electron chi connectivity index (χ0n) is 15.7. The Kier molecular flexibility index (Phi) is 5.35. The van der Waals surface area contributed by atoms with Gasteiger partial charge in [-0.05, 0) is 24.5 Å². The number of rotatable bonds is 4. The zero-order valence-corrected chi connectivity index (χ0v) is 15.7. The first-order valence-electron chi connectivity index (χ1n) is 8.29. The highest BCUT2D eigenvalue weighted by molar-refractivity contribution is 6.14. The van der Waals surface area contributed by atoms with Crippen LogP contribution in [0.4, 0.5) is 0 Å². The van der Waals surface area contributed by atoms with Gasteiger partial charge in [0.1, 0.15) is 17.0 Å². The second-order valence-electron chi connectivity index (χ2n) is 7.30. The van der Waals surface area contributed by atoms with E-state index in [1.807, 2.05) is 27.7 Å². The van der Waals surface area contributed by atoms with E-state index in [1.54, 1.807) is 28.9 Å². The van der Waals surface area contributed by atoms with Crippen molar-refractivity contribution in [3.63, 3.8) is 0 Å². The first-order valence-corrected chi connectivity index (χ1v) is 8.29. The summed E-state index contributed by atoms with van der Waals surface area (Å²) in [6.07, 6.45) is 8.31. The van der Waals surface area contributed by atoms with Gasteiger partial charge in [0.15, 0.2) is 5.43 Å². The minimum absolute atomic E-state index is 0.0766. The highest BCUT2D eigenvalue weighted by atomic mass is 16.5. The summed E-state index contributed by atoms with van der Waals surface area (Å²) in [5, 5.41) is 17.5. The molecule has 1 atom stereocenters. The molecule has 26 heavy (non-hydrogen) atoms. The Hall–Kier alpha value is -2.89. The second kappa shape index (κ2) is 7.15. The molecule has 2 N–H and O–H groups in total. The Morgan fingerprint density at radius 3 is 2.58 bits per heavy atom. The molecule has 0 aromatic carbocycles. The molecular weight excluding hydrogens is 332 g/mol. The molecule has 1 aromatic rings. The maximum absolute atomic E-state index is 12.2. The summed E-state index contributed by atoms with van der Waals surface area (Å²) in [7, 11) is 1.50. The third kappa shape index (κ3) is 3.85. The van der Waals surface area contributed by atoms with Crippen LogP contribution < -0.4 is 5.43 Å². The molecule has 0 spiro atoms. The van der Waals surface area contributed by atoms with Crippen LogP contribution in [0, 0.1) is 10.8 Å². The molecule has 0 bridgehead atoms. The standard InChI is InChI=1S/C20H24N2O4/c1-12(20(2,3)4)22-11-15(19(24)25)16(23)10-14(22)9-13-7-6-8-17(26-5)18(13)21/h6-12,21H,1-5H3,(H,24,25)/b13-9+,21-18?. The molecule has 138 valence electrons. The van der Waals surface area contributed by atoms with Gasteiger partial charge >= 0.3 is 5.97 Å². The highest BCUT2D eigenvalue weighted by Gasteiger charge is 2.25. The number of carboxylic acids is 1. The van der Waals surface area contributed by atoms with Gasteiger partial charge in [-0.1, -0.05) is 32.9 Å². The normalized spacial score (nSPS) is 17.2. The van der Waals surface area contributed by atoms with Crippen LogP contribution in [0.2, 0.25) is 0 Å². The lowest BCUT2D eigenvalue weighted by molar-refractivity contribution is 0.0693. The van der Waals surface area contributed by atoms with Crippen LogP contribution in [0.1, 0.15) is 49.8 Å². The Morgan fingerprint density at radius 1 is 1.38 bits per heavy atom. The van der Waals surface area contributed by atoms with Crippen molar-refractivity contribution in [2.75, 3.05) is 7.11 Å². The molecule has 0 fully saturated rings. The summed E-state index contributed by atoms with van der Waals surface area (Å²) in [4.78, 5) is 23.6. The molecule has 6 heteroatoms. The van der Waals surface area contributed by atoms with Crippen LogP contribution in [0.3, 0.4) is 0 Å². The van der Waals surface area contributed by atoms with Gasteiger partial charge in [0.05, 0.1) is 7.11 Å². The van der Waals surface area contributed by atoms with Crippen molar-refractivity contribution in [3.8, 4) is 0 Å². The number of hydrogen-bond acceptors (Lipinski definition) is 4. The number of nitrogens with one attached hydrogen (secondary N) is 1. The number of nitrogens with zero attached hydrogens (tertiary/aromatic N) is 1. The van der Waals surface area contributed by atoms with E-state index in [4.69, 9.17) is 10.1 Å². The van der Waals surface area contributed by atoms with Crippen LogP contribution >= 0.6 is 0 Å². The van der Waals surface area contributed by atoms with E-state index >= 15 is 0 Å². The fourth-order valence-electron chi connectivity index (χ4n) is 2.59. The van der Waals surface area contributed by atoms with Crippen molar-refractivity contribution < 1.29 is 14.6 Å². The minimum atomic E-state index is -1.25. The number of pyridine rings is 1. The molecule has 1 heterocycles. The van der Waals surface area contributed by atoms with Crippen LogP contribution in [0.15, 0.2) is 46.6 Å². The summed E-state index contributed by atoms with van der Waals surface area (Å²) in [6.45, 7) is 8.10. The van der Waals surface area contributed by atoms with Crippen molar-refractivity contribution in [1.29, 1.82) is 5.41 Å². The molecule has 0 saturated heterocycles. The highest BCUT2D eigenvalue weighted by Crippen LogP contribution is 2.31. The molecular formula is C20H24N2O4. The maximum Gasteiger partial charge on any atom is 0.341 e. The average Bonchev–Trinajstić information content (AvgIpc) is 2.55. The number of ether oxygens (including phenoxy) is 1. The zero-order chi connectivity index (χ0) is 19.6. The monoisotopic (exact) mass is 356 g/mol. The second-order valence-corrected chi connectivity index (χ2v) is 7.30. The number of carbonyl (C=O) groups is 1. The SMILES string of the molecule is COC1=CC=C/C(=C\c2cc(=O)c(C(=O)O)cn2C(C)C(C)(C)C)C1=N. The average molecular weight is 356 g/mol. The predicted octanol–water partition coefficient (Wildman–Crippen LogP) is 3.66. The van der Waals surface area contributed by atoms with Crippen molar-refractivity contribution in [2.24, 2.45) is 5.41 Å². The minimum Gasteiger partial charge on any atom is -0.494 e. The van der Waals surface area contributed by atoms with Gasteiger partial charge in [-0.15, -0.1) is 0 Å². The third-order valence-corrected chi connectivity index (χ3v) is 4.59. The number of aromatic nitrogens is 1. The quantitative estimate of drug-likeness (QED) is 0.861. The predicted molar refractivity (Wildman–Crippen MR) is 102 cm³/mol. The summed E-state index contributed by atoms with van der Waals surface area (Å²) in [5.41, 5.74) is 0.349. The van der Waals surface area contributed by atoms with Gasteiger partial charge in [0.25, 0.3) is 0 Å². The summed E-state index contributed by atoms with van der Waals surface area (Å²) >= 11 is 0. The van der Waals surface area contributed by atoms with Crippen molar-refractivity contribution in [1.82, 2.24) is 4.57 Å². The summed E-state index contributed by atoms with van der Waals surface area (Å²) < 4.78 is 6.96. The molecule has 0 aliphatic heterocycles. The van der Waals surface area contributed by atoms with Crippen LogP contribution in [-0.2, 0) is 4.74 Å². The van der Waals surface area contributed by atoms with Crippen LogP contribution in [0.5, 0.6) is 0 Å². The number of methoxy groups -OCH3 is 1. The lowest BCUT2D eigenvalue weighted by atomic mass is 9.87. The molecule has 1 aliphatic carbocycles. The summed E-state index contributed by atoms with van der Waals surface area (Å²) in [5.74, 6) is -0.822. The fraction of sp³-hybridized carbons (Fsp3) is 0.350. The van der Waals surface area contributed by atoms with Crippen LogP contribution in [-0.4, -0.2) is 28.5 Å². The molecule has 0 radical (unpaired) electrons. The lowest BCUT2D eigenvalue weighted by Gasteiger charge is -2.31. The largest absolute Gasteiger partial charge is 0.494 e. The van der Waals surface area contributed by atoms with Crippen LogP contribution in [0.25, 0.3) is 6.08 Å². The van der Waals surface area contributed by atoms with Gasteiger partial charge in [0.2, 0.25) is 0 Å². The molecule has 0 amide bonds. The van der Waals surface area contributed by atoms with E-state index in [0.29, 0.717) is 17.0 Å². The molecule has 1 aromatic heterocycles. The first-order chi connectivity index (χ1) is 12.1. The van der Waals surface area contributed by atoms with Crippen molar-refractivity contribution >= 4 is 17.8 Å². The third-order valence-electron chi connectivity index (χ3n) is 4.59. The van der Waals surface area contributed by atoms with E-state index in [9.17, 15) is 14.7 Å². The molecule has 6 nitrogen and oxygen atoms in total. The Balaban J connectivity index is 2.67. The Labute approximate surface area is 152 Å². The number of hydrogen-bond donors (Lipinski definition) is 2. The Bertz CT molecular complexity index is 895. The Morgan fingerprint density at radius 2 is 2.04 bits per heavy atom. The smallest absolute Gasteiger partial charge is 0.341 e. The van der Waals surface area contributed by atoms with Gasteiger partial charge in [-0.3, -0.25) is 10.2 Å². The lowest BCUT2D eigenvalue weighted by Crippen LogP contribution is -2.27. The van der Waals surface area contributed by atoms with E-state index in [0.717, 1.165) is 0 Å². The number of aromatic carboxylic acids is 1. The van der Waals surface area contributed by atoms with Crippen molar-refractivity contribution in [2.45, 2.75) is 33.7 Å². The summed E-state index contributed by atoms with van der Waals surface area (Å²) in [6, 6.07) is 1.23. The van der Waals surface area contributed by atoms with Gasteiger partial charge < -0.3 is 14.4 Å². The molecule has 1 unspecified atom stereocenters.